The molecule has 37 heavy (non-hydrogen) atoms. The Kier molecular flexibility index (Phi) is 5.76. The highest BCUT2D eigenvalue weighted by Gasteiger charge is 2.36. The Hall–Kier alpha value is -4.72. The molecule has 182 valence electrons. The van der Waals surface area contributed by atoms with Crippen LogP contribution in [-0.2, 0) is 0 Å². The summed E-state index contributed by atoms with van der Waals surface area (Å²) in [5, 5.41) is 4.05. The van der Waals surface area contributed by atoms with Crippen LogP contribution in [0.4, 0.5) is 5.82 Å². The van der Waals surface area contributed by atoms with E-state index in [4.69, 9.17) is 10.7 Å². The molecule has 0 radical (unpaired) electrons. The maximum Gasteiger partial charge on any atom is 0.274 e. The summed E-state index contributed by atoms with van der Waals surface area (Å²) in [7, 11) is 0. The molecule has 3 heterocycles. The van der Waals surface area contributed by atoms with E-state index in [1.807, 2.05) is 67.6 Å². The molecule has 8 nitrogen and oxygen atoms in total. The van der Waals surface area contributed by atoms with Crippen LogP contribution in [0.3, 0.4) is 0 Å². The minimum atomic E-state index is -0.394. The van der Waals surface area contributed by atoms with Crippen LogP contribution in [-0.4, -0.2) is 30.8 Å². The van der Waals surface area contributed by atoms with Gasteiger partial charge >= 0.3 is 0 Å². The summed E-state index contributed by atoms with van der Waals surface area (Å²) in [6.45, 7) is 1.93. The van der Waals surface area contributed by atoms with Crippen molar-refractivity contribution in [3.05, 3.63) is 96.3 Å². The molecular weight excluding hydrogens is 462 g/mol. The first kappa shape index (κ1) is 22.7. The van der Waals surface area contributed by atoms with E-state index in [9.17, 15) is 4.79 Å². The van der Waals surface area contributed by atoms with Crippen molar-refractivity contribution in [1.82, 2.24) is 30.2 Å². The van der Waals surface area contributed by atoms with Gasteiger partial charge in [0.05, 0.1) is 22.9 Å². The maximum absolute atomic E-state index is 13.5. The molecule has 6 rings (SSSR count). The summed E-state index contributed by atoms with van der Waals surface area (Å²) in [5.74, 6) is 0.560. The minimum Gasteiger partial charge on any atom is -0.382 e. The lowest BCUT2D eigenvalue weighted by Gasteiger charge is -2.18. The van der Waals surface area contributed by atoms with Crippen LogP contribution in [0.5, 0.6) is 0 Å². The third-order valence-electron chi connectivity index (χ3n) is 6.52. The summed E-state index contributed by atoms with van der Waals surface area (Å²) < 4.78 is 0. The Morgan fingerprint density at radius 3 is 2.43 bits per heavy atom. The van der Waals surface area contributed by atoms with E-state index in [2.05, 4.69) is 25.3 Å². The lowest BCUT2D eigenvalue weighted by Crippen LogP contribution is -2.32. The summed E-state index contributed by atoms with van der Waals surface area (Å²) in [6.07, 6.45) is 7.30. The number of hydrogen-bond donors (Lipinski definition) is 2. The molecule has 1 fully saturated rings. The second-order valence-electron chi connectivity index (χ2n) is 9.34. The van der Waals surface area contributed by atoms with Gasteiger partial charge in [-0.3, -0.25) is 9.78 Å². The fraction of sp³-hybridized carbons (Fsp3) is 0.172. The van der Waals surface area contributed by atoms with Crippen LogP contribution in [0.25, 0.3) is 33.4 Å². The average molecular weight is 488 g/mol. The Morgan fingerprint density at radius 2 is 1.68 bits per heavy atom. The zero-order valence-corrected chi connectivity index (χ0v) is 20.3. The predicted octanol–water partition coefficient (Wildman–Crippen LogP) is 4.92. The Labute approximate surface area is 214 Å². The Balaban J connectivity index is 1.43. The maximum atomic E-state index is 13.5. The van der Waals surface area contributed by atoms with Crippen molar-refractivity contribution in [3.8, 4) is 22.5 Å². The average Bonchev–Trinajstić information content (AvgIpc) is 3.78. The zero-order valence-electron chi connectivity index (χ0n) is 20.3. The number of fused-ring (bicyclic) bond motifs is 1. The molecule has 1 unspecified atom stereocenters. The predicted molar refractivity (Wildman–Crippen MR) is 142 cm³/mol. The van der Waals surface area contributed by atoms with Crippen LogP contribution in [0.15, 0.2) is 79.3 Å². The molecule has 0 aliphatic heterocycles. The molecule has 0 bridgehead atoms. The van der Waals surface area contributed by atoms with Gasteiger partial charge in [0.2, 0.25) is 0 Å². The number of nitrogens with zero attached hydrogens (tertiary/aromatic N) is 5. The monoisotopic (exact) mass is 487 g/mol. The number of aromatic nitrogens is 5. The first-order chi connectivity index (χ1) is 18.1. The van der Waals surface area contributed by atoms with E-state index in [1.165, 1.54) is 0 Å². The Bertz CT molecular complexity index is 1600. The third-order valence-corrected chi connectivity index (χ3v) is 6.52. The molecule has 2 aromatic carbocycles. The molecule has 1 aliphatic rings. The topological polar surface area (TPSA) is 120 Å². The second kappa shape index (κ2) is 9.39. The molecule has 1 atom stereocenters. The van der Waals surface area contributed by atoms with Crippen molar-refractivity contribution in [3.63, 3.8) is 0 Å². The van der Waals surface area contributed by atoms with Gasteiger partial charge in [0.1, 0.15) is 0 Å². The summed E-state index contributed by atoms with van der Waals surface area (Å²) in [4.78, 5) is 36.3. The number of carbonyl (C=O) groups is 1. The molecule has 8 heteroatoms. The minimum absolute atomic E-state index is 0.0712. The summed E-state index contributed by atoms with van der Waals surface area (Å²) in [5.41, 5.74) is 11.1. The molecule has 1 saturated carbocycles. The van der Waals surface area contributed by atoms with Gasteiger partial charge in [0.25, 0.3) is 5.91 Å². The lowest BCUT2D eigenvalue weighted by atomic mass is 10.0. The summed E-state index contributed by atoms with van der Waals surface area (Å²) >= 11 is 0. The molecule has 5 aromatic rings. The van der Waals surface area contributed by atoms with Crippen molar-refractivity contribution in [2.45, 2.75) is 25.8 Å². The van der Waals surface area contributed by atoms with Crippen molar-refractivity contribution in [2.24, 2.45) is 5.92 Å². The molecule has 0 spiro atoms. The molecule has 3 aromatic heterocycles. The largest absolute Gasteiger partial charge is 0.382 e. The Morgan fingerprint density at radius 1 is 0.919 bits per heavy atom. The number of rotatable bonds is 6. The van der Waals surface area contributed by atoms with Crippen LogP contribution < -0.4 is 11.1 Å². The van der Waals surface area contributed by atoms with Gasteiger partial charge in [-0.1, -0.05) is 42.5 Å². The molecule has 1 aliphatic carbocycles. The fourth-order valence-electron chi connectivity index (χ4n) is 4.43. The smallest absolute Gasteiger partial charge is 0.274 e. The van der Waals surface area contributed by atoms with E-state index in [0.717, 1.165) is 40.4 Å². The van der Waals surface area contributed by atoms with Crippen LogP contribution in [0.2, 0.25) is 0 Å². The van der Waals surface area contributed by atoms with Crippen molar-refractivity contribution in [2.75, 3.05) is 5.73 Å². The number of pyridine rings is 1. The number of benzene rings is 2. The van der Waals surface area contributed by atoms with Gasteiger partial charge in [0.15, 0.2) is 17.3 Å². The highest BCUT2D eigenvalue weighted by molar-refractivity contribution is 5.98. The molecule has 1 amide bonds. The van der Waals surface area contributed by atoms with Gasteiger partial charge in [-0.15, -0.1) is 0 Å². The van der Waals surface area contributed by atoms with Crippen LogP contribution in [0, 0.1) is 12.8 Å². The van der Waals surface area contributed by atoms with E-state index in [-0.39, 0.29) is 23.5 Å². The standard InChI is InChI=1S/C29H25N7O/c1-17-15-32-28(33-16-17)25(19-9-10-19)36-29(37)26-27(30)35-23(18-6-3-2-4-7-18)24(34-26)21-11-12-22-20(14-21)8-5-13-31-22/h2-8,11-16,19,25H,9-10H2,1H3,(H2,30,35)(H,36,37). The molecule has 0 saturated heterocycles. The number of carbonyl (C=O) groups excluding carboxylic acids is 1. The number of anilines is 1. The quantitative estimate of drug-likeness (QED) is 0.349. The summed E-state index contributed by atoms with van der Waals surface area (Å²) in [6, 6.07) is 19.2. The lowest BCUT2D eigenvalue weighted by molar-refractivity contribution is 0.0925. The second-order valence-corrected chi connectivity index (χ2v) is 9.34. The number of nitrogens with one attached hydrogen (secondary N) is 1. The first-order valence-corrected chi connectivity index (χ1v) is 12.2. The van der Waals surface area contributed by atoms with E-state index >= 15 is 0 Å². The number of hydrogen-bond acceptors (Lipinski definition) is 7. The van der Waals surface area contributed by atoms with Gasteiger partial charge in [-0.2, -0.15) is 0 Å². The number of aryl methyl sites for hydroxylation is 1. The number of nitrogen functional groups attached to an aromatic ring is 1. The van der Waals surface area contributed by atoms with Gasteiger partial charge in [-0.05, 0) is 49.4 Å². The third kappa shape index (κ3) is 4.61. The molecular formula is C29H25N7O. The fourth-order valence-corrected chi connectivity index (χ4v) is 4.43. The normalized spacial score (nSPS) is 13.9. The molecule has 3 N–H and O–H groups in total. The highest BCUT2D eigenvalue weighted by atomic mass is 16.2. The van der Waals surface area contributed by atoms with Crippen molar-refractivity contribution in [1.29, 1.82) is 0 Å². The van der Waals surface area contributed by atoms with Crippen molar-refractivity contribution < 1.29 is 4.79 Å². The number of nitrogens with two attached hydrogens (primary N) is 1. The van der Waals surface area contributed by atoms with Gasteiger partial charge < -0.3 is 11.1 Å². The number of amides is 1. The van der Waals surface area contributed by atoms with Gasteiger partial charge in [0, 0.05) is 35.1 Å². The van der Waals surface area contributed by atoms with Crippen molar-refractivity contribution >= 4 is 22.6 Å². The highest BCUT2D eigenvalue weighted by Crippen LogP contribution is 2.40. The first-order valence-electron chi connectivity index (χ1n) is 12.2. The zero-order chi connectivity index (χ0) is 25.4. The van der Waals surface area contributed by atoms with E-state index in [0.29, 0.717) is 17.2 Å². The van der Waals surface area contributed by atoms with E-state index in [1.54, 1.807) is 18.6 Å². The van der Waals surface area contributed by atoms with Crippen LogP contribution in [0.1, 0.15) is 40.8 Å². The van der Waals surface area contributed by atoms with Crippen LogP contribution >= 0.6 is 0 Å². The van der Waals surface area contributed by atoms with E-state index < -0.39 is 5.91 Å². The van der Waals surface area contributed by atoms with Gasteiger partial charge in [-0.25, -0.2) is 19.9 Å². The SMILES string of the molecule is Cc1cnc(C(NC(=O)c2nc(-c3ccc4ncccc4c3)c(-c3ccccc3)nc2N)C2CC2)nc1.